The fourth-order valence-corrected chi connectivity index (χ4v) is 3.51. The van der Waals surface area contributed by atoms with Gasteiger partial charge in [-0.15, -0.1) is 0 Å². The molecule has 2 rings (SSSR count). The summed E-state index contributed by atoms with van der Waals surface area (Å²) < 4.78 is 20.4. The van der Waals surface area contributed by atoms with Gasteiger partial charge < -0.3 is 14.9 Å². The predicted molar refractivity (Wildman–Crippen MR) is 108 cm³/mol. The zero-order chi connectivity index (χ0) is 20.8. The molecule has 0 saturated carbocycles. The molecule has 2 aromatic rings. The highest BCUT2D eigenvalue weighted by atomic mass is 35.5. The molecule has 0 bridgehead atoms. The normalized spacial score (nSPS) is 11.1. The van der Waals surface area contributed by atoms with Gasteiger partial charge in [-0.2, -0.15) is 0 Å². The first-order valence-electron chi connectivity index (χ1n) is 9.03. The summed E-state index contributed by atoms with van der Waals surface area (Å²) in [4.78, 5) is 10.5. The molecule has 0 aliphatic rings. The molecule has 2 N–H and O–H groups in total. The van der Waals surface area contributed by atoms with Crippen LogP contribution in [-0.2, 0) is 11.2 Å². The number of carbonyl (C=O) groups is 1. The fourth-order valence-electron chi connectivity index (χ4n) is 2.90. The third-order valence-corrected chi connectivity index (χ3v) is 5.02. The maximum absolute atomic E-state index is 14.8. The molecule has 0 fully saturated rings. The second-order valence-electron chi connectivity index (χ2n) is 6.87. The molecule has 0 aliphatic carbocycles. The van der Waals surface area contributed by atoms with Crippen LogP contribution in [0.25, 0.3) is 0 Å². The Morgan fingerprint density at radius 1 is 1.18 bits per heavy atom. The van der Waals surface area contributed by atoms with E-state index in [1.165, 1.54) is 12.1 Å². The zero-order valence-electron chi connectivity index (χ0n) is 15.8. The van der Waals surface area contributed by atoms with Crippen LogP contribution in [0.15, 0.2) is 24.3 Å². The predicted octanol–water partition coefficient (Wildman–Crippen LogP) is 6.19. The number of halogens is 3. The number of aromatic hydroxyl groups is 1. The molecule has 0 aliphatic heterocycles. The van der Waals surface area contributed by atoms with E-state index in [4.69, 9.17) is 33.0 Å². The van der Waals surface area contributed by atoms with Crippen LogP contribution in [0, 0.1) is 5.82 Å². The van der Waals surface area contributed by atoms with Crippen LogP contribution in [0.5, 0.6) is 11.5 Å². The molecule has 2 aromatic carbocycles. The Hall–Kier alpha value is -1.98. The van der Waals surface area contributed by atoms with Gasteiger partial charge in [-0.05, 0) is 48.1 Å². The molecule has 0 heterocycles. The lowest BCUT2D eigenvalue weighted by atomic mass is 9.95. The average Bonchev–Trinajstić information content (AvgIpc) is 2.59. The molecule has 0 radical (unpaired) electrons. The second kappa shape index (κ2) is 9.99. The molecule has 4 nitrogen and oxygen atoms in total. The molecule has 152 valence electrons. The molecule has 7 heteroatoms. The van der Waals surface area contributed by atoms with Gasteiger partial charge in [-0.3, -0.25) is 4.79 Å². The third-order valence-electron chi connectivity index (χ3n) is 4.35. The van der Waals surface area contributed by atoms with Gasteiger partial charge >= 0.3 is 5.97 Å². The summed E-state index contributed by atoms with van der Waals surface area (Å²) in [5, 5.41) is 19.2. The van der Waals surface area contributed by atoms with Gasteiger partial charge in [0.25, 0.3) is 0 Å². The van der Waals surface area contributed by atoms with Crippen molar-refractivity contribution in [3.05, 3.63) is 56.8 Å². The standard InChI is InChI=1S/C21H23Cl2FO4/c1-12(2)20-18(25)7-6-13(21(20)24)9-15-16(22)10-14(11-17(15)23)28-8-4-3-5-19(26)27/h6-7,10-12,25H,3-5,8-9H2,1-2H3,(H,26,27). The van der Waals surface area contributed by atoms with Crippen LogP contribution in [0.4, 0.5) is 4.39 Å². The highest BCUT2D eigenvalue weighted by molar-refractivity contribution is 6.36. The average molecular weight is 429 g/mol. The van der Waals surface area contributed by atoms with Crippen molar-refractivity contribution in [3.63, 3.8) is 0 Å². The van der Waals surface area contributed by atoms with Gasteiger partial charge in [0.1, 0.15) is 17.3 Å². The number of rotatable bonds is 9. The van der Waals surface area contributed by atoms with Gasteiger partial charge in [-0.25, -0.2) is 4.39 Å². The molecule has 0 spiro atoms. The van der Waals surface area contributed by atoms with Crippen molar-refractivity contribution in [2.75, 3.05) is 6.61 Å². The summed E-state index contributed by atoms with van der Waals surface area (Å²) in [6.45, 7) is 3.97. The number of phenols is 1. The van der Waals surface area contributed by atoms with E-state index in [1.807, 2.05) is 13.8 Å². The highest BCUT2D eigenvalue weighted by Crippen LogP contribution is 2.35. The van der Waals surface area contributed by atoms with Crippen LogP contribution in [0.3, 0.4) is 0 Å². The second-order valence-corrected chi connectivity index (χ2v) is 7.68. The van der Waals surface area contributed by atoms with E-state index in [1.54, 1.807) is 12.1 Å². The van der Waals surface area contributed by atoms with Gasteiger partial charge in [0.15, 0.2) is 0 Å². The topological polar surface area (TPSA) is 66.8 Å². The Morgan fingerprint density at radius 3 is 2.39 bits per heavy atom. The quantitative estimate of drug-likeness (QED) is 0.467. The van der Waals surface area contributed by atoms with Gasteiger partial charge in [0, 0.05) is 28.5 Å². The number of unbranched alkanes of at least 4 members (excludes halogenated alkanes) is 1. The minimum absolute atomic E-state index is 0.0694. The first-order chi connectivity index (χ1) is 13.2. The Labute approximate surface area is 173 Å². The van der Waals surface area contributed by atoms with Crippen molar-refractivity contribution in [3.8, 4) is 11.5 Å². The van der Waals surface area contributed by atoms with Crippen LogP contribution >= 0.6 is 23.2 Å². The van der Waals surface area contributed by atoms with Crippen LogP contribution < -0.4 is 4.74 Å². The maximum Gasteiger partial charge on any atom is 0.303 e. The number of hydrogen-bond donors (Lipinski definition) is 2. The summed E-state index contributed by atoms with van der Waals surface area (Å²) in [7, 11) is 0. The van der Waals surface area contributed by atoms with Gasteiger partial charge in [0.2, 0.25) is 0 Å². The largest absolute Gasteiger partial charge is 0.508 e. The number of aliphatic carboxylic acids is 1. The molecular weight excluding hydrogens is 406 g/mol. The van der Waals surface area contributed by atoms with Gasteiger partial charge in [-0.1, -0.05) is 43.1 Å². The third kappa shape index (κ3) is 5.76. The SMILES string of the molecule is CC(C)c1c(O)ccc(Cc2c(Cl)cc(OCCCCC(=O)O)cc2Cl)c1F. The lowest BCUT2D eigenvalue weighted by Gasteiger charge is -2.15. The van der Waals surface area contributed by atoms with Gasteiger partial charge in [0.05, 0.1) is 6.61 Å². The summed E-state index contributed by atoms with van der Waals surface area (Å²) in [5.74, 6) is -1.05. The smallest absolute Gasteiger partial charge is 0.303 e. The number of hydrogen-bond acceptors (Lipinski definition) is 3. The van der Waals surface area contributed by atoms with E-state index in [2.05, 4.69) is 0 Å². The van der Waals surface area contributed by atoms with Crippen LogP contribution in [0.2, 0.25) is 10.0 Å². The number of ether oxygens (including phenoxy) is 1. The van der Waals surface area contributed by atoms with Crippen molar-refractivity contribution in [2.45, 2.75) is 45.4 Å². The Balaban J connectivity index is 2.13. The number of phenolic OH excluding ortho intramolecular Hbond substituents is 1. The lowest BCUT2D eigenvalue weighted by Crippen LogP contribution is -2.03. The monoisotopic (exact) mass is 428 g/mol. The maximum atomic E-state index is 14.8. The molecule has 0 aromatic heterocycles. The molecule has 0 atom stereocenters. The van der Waals surface area contributed by atoms with E-state index in [0.717, 1.165) is 0 Å². The molecule has 28 heavy (non-hydrogen) atoms. The molecule has 0 saturated heterocycles. The van der Waals surface area contributed by atoms with E-state index >= 15 is 0 Å². The van der Waals surface area contributed by atoms with E-state index in [9.17, 15) is 14.3 Å². The van der Waals surface area contributed by atoms with Crippen LogP contribution in [-0.4, -0.2) is 22.8 Å². The van der Waals surface area contributed by atoms with Crippen molar-refractivity contribution in [1.82, 2.24) is 0 Å². The summed E-state index contributed by atoms with van der Waals surface area (Å²) in [5.41, 5.74) is 1.24. The lowest BCUT2D eigenvalue weighted by molar-refractivity contribution is -0.137. The van der Waals surface area contributed by atoms with Crippen molar-refractivity contribution in [2.24, 2.45) is 0 Å². The minimum Gasteiger partial charge on any atom is -0.508 e. The number of carboxylic acids is 1. The molecule has 0 unspecified atom stereocenters. The zero-order valence-corrected chi connectivity index (χ0v) is 17.3. The van der Waals surface area contributed by atoms with Crippen LogP contribution in [0.1, 0.15) is 55.7 Å². The van der Waals surface area contributed by atoms with E-state index in [-0.39, 0.29) is 30.1 Å². The summed E-state index contributed by atoms with van der Waals surface area (Å²) >= 11 is 12.7. The Morgan fingerprint density at radius 2 is 1.82 bits per heavy atom. The summed E-state index contributed by atoms with van der Waals surface area (Å²) in [6.07, 6.45) is 1.40. The minimum atomic E-state index is -0.836. The Bertz CT molecular complexity index is 830. The molecular formula is C21H23Cl2FO4. The first kappa shape index (κ1) is 22.3. The Kier molecular flexibility index (Phi) is 7.96. The fraction of sp³-hybridized carbons (Fsp3) is 0.381. The van der Waals surface area contributed by atoms with E-state index < -0.39 is 11.8 Å². The molecule has 0 amide bonds. The van der Waals surface area contributed by atoms with E-state index in [0.29, 0.717) is 46.4 Å². The van der Waals surface area contributed by atoms with Crippen molar-refractivity contribution >= 4 is 29.2 Å². The van der Waals surface area contributed by atoms with Crippen molar-refractivity contribution < 1.29 is 24.1 Å². The first-order valence-corrected chi connectivity index (χ1v) is 9.79. The van der Waals surface area contributed by atoms with Crippen molar-refractivity contribution in [1.29, 1.82) is 0 Å². The highest BCUT2D eigenvalue weighted by Gasteiger charge is 2.18. The number of benzene rings is 2. The summed E-state index contributed by atoms with van der Waals surface area (Å²) in [6, 6.07) is 6.23. The number of carboxylic acid groups (broad SMARTS) is 1.